The van der Waals surface area contributed by atoms with Gasteiger partial charge < -0.3 is 19.5 Å². The number of cyclic esters (lactones) is 2. The van der Waals surface area contributed by atoms with Crippen LogP contribution in [0.2, 0.25) is 0 Å². The van der Waals surface area contributed by atoms with Crippen molar-refractivity contribution in [3.63, 3.8) is 0 Å². The average Bonchev–Trinajstić information content (AvgIpc) is 3.22. The molecule has 0 bridgehead atoms. The number of carbonyl (C=O) groups excluding carboxylic acids is 3. The number of aliphatic hydroxyl groups excluding tert-OH is 1. The van der Waals surface area contributed by atoms with E-state index in [1.165, 1.54) is 0 Å². The molecule has 2 saturated heterocycles. The van der Waals surface area contributed by atoms with Gasteiger partial charge in [0.2, 0.25) is 5.91 Å². The first-order valence-corrected chi connectivity index (χ1v) is 11.7. The van der Waals surface area contributed by atoms with Crippen LogP contribution in [-0.4, -0.2) is 65.5 Å². The molecule has 1 aliphatic carbocycles. The molecule has 4 atom stereocenters. The average molecular weight is 453 g/mol. The molecule has 174 valence electrons. The van der Waals surface area contributed by atoms with Crippen molar-refractivity contribution in [2.45, 2.75) is 33.0 Å². The Labute approximate surface area is 192 Å². The van der Waals surface area contributed by atoms with E-state index in [2.05, 4.69) is 4.90 Å². The fourth-order valence-electron chi connectivity index (χ4n) is 6.58. The number of benzene rings is 1. The number of fused-ring (bicyclic) bond motifs is 2. The molecular weight excluding hydrogens is 424 g/mol. The van der Waals surface area contributed by atoms with Crippen molar-refractivity contribution in [3.8, 4) is 0 Å². The van der Waals surface area contributed by atoms with E-state index in [0.29, 0.717) is 54.3 Å². The summed E-state index contributed by atoms with van der Waals surface area (Å²) in [6.07, 6.45) is -0.0688. The van der Waals surface area contributed by atoms with E-state index >= 15 is 0 Å². The van der Waals surface area contributed by atoms with Gasteiger partial charge in [0.05, 0.1) is 22.9 Å². The largest absolute Gasteiger partial charge is 0.457 e. The van der Waals surface area contributed by atoms with E-state index < -0.39 is 6.10 Å². The highest BCUT2D eigenvalue weighted by Crippen LogP contribution is 2.58. The highest BCUT2D eigenvalue weighted by molar-refractivity contribution is 5.94. The summed E-state index contributed by atoms with van der Waals surface area (Å²) in [7, 11) is 0. The topological polar surface area (TPSA) is 96.4 Å². The second kappa shape index (κ2) is 7.40. The zero-order valence-corrected chi connectivity index (χ0v) is 18.9. The van der Waals surface area contributed by atoms with Crippen LogP contribution < -0.4 is 0 Å². The van der Waals surface area contributed by atoms with E-state index in [1.54, 1.807) is 17.9 Å². The van der Waals surface area contributed by atoms with Crippen LogP contribution in [0.3, 0.4) is 0 Å². The molecule has 4 aliphatic heterocycles. The number of hydrogen-bond donors (Lipinski definition) is 1. The lowest BCUT2D eigenvalue weighted by molar-refractivity contribution is -0.136. The Morgan fingerprint density at radius 1 is 1.03 bits per heavy atom. The number of carbonyl (C=O) groups is 3. The Hall–Kier alpha value is -2.71. The normalized spacial score (nSPS) is 31.7. The first-order chi connectivity index (χ1) is 15.8. The summed E-state index contributed by atoms with van der Waals surface area (Å²) in [6.45, 7) is 7.28. The number of esters is 2. The third-order valence-corrected chi connectivity index (χ3v) is 8.44. The molecule has 6 rings (SSSR count). The van der Waals surface area contributed by atoms with Gasteiger partial charge in [-0.2, -0.15) is 0 Å². The van der Waals surface area contributed by atoms with Crippen molar-refractivity contribution < 1.29 is 29.0 Å². The van der Waals surface area contributed by atoms with Gasteiger partial charge in [-0.25, -0.2) is 9.59 Å². The zero-order valence-electron chi connectivity index (χ0n) is 18.9. The van der Waals surface area contributed by atoms with E-state index in [1.807, 2.05) is 13.0 Å². The number of β-amino-alcohol motifs (C(OH)–C–C–N with tert-alkyl or cyclic N) is 1. The van der Waals surface area contributed by atoms with Gasteiger partial charge in [-0.3, -0.25) is 9.69 Å². The quantitative estimate of drug-likeness (QED) is 0.678. The maximum Gasteiger partial charge on any atom is 0.338 e. The van der Waals surface area contributed by atoms with Crippen LogP contribution in [0.4, 0.5) is 0 Å². The molecule has 5 aliphatic rings. The first-order valence-electron chi connectivity index (χ1n) is 11.7. The lowest BCUT2D eigenvalue weighted by atomic mass is 9.95. The maximum atomic E-state index is 12.6. The Balaban J connectivity index is 1.06. The Morgan fingerprint density at radius 2 is 1.76 bits per heavy atom. The van der Waals surface area contributed by atoms with E-state index in [4.69, 9.17) is 9.47 Å². The van der Waals surface area contributed by atoms with Gasteiger partial charge >= 0.3 is 11.9 Å². The minimum atomic E-state index is -0.611. The monoisotopic (exact) mass is 452 g/mol. The summed E-state index contributed by atoms with van der Waals surface area (Å²) in [5.74, 6) is 1.48. The fourth-order valence-corrected chi connectivity index (χ4v) is 6.58. The second-order valence-corrected chi connectivity index (χ2v) is 10.1. The van der Waals surface area contributed by atoms with Gasteiger partial charge in [0.1, 0.15) is 13.2 Å². The van der Waals surface area contributed by atoms with Crippen LogP contribution in [0.25, 0.3) is 0 Å². The summed E-state index contributed by atoms with van der Waals surface area (Å²) in [4.78, 5) is 40.2. The molecule has 0 spiro atoms. The summed E-state index contributed by atoms with van der Waals surface area (Å²) >= 11 is 0. The molecule has 33 heavy (non-hydrogen) atoms. The first kappa shape index (κ1) is 20.9. The molecular formula is C25H28N2O6. The van der Waals surface area contributed by atoms with Crippen molar-refractivity contribution in [2.75, 3.05) is 32.8 Å². The molecule has 1 amide bonds. The van der Waals surface area contributed by atoms with Gasteiger partial charge in [-0.05, 0) is 54.7 Å². The van der Waals surface area contributed by atoms with Crippen molar-refractivity contribution in [3.05, 3.63) is 45.7 Å². The molecule has 4 heterocycles. The highest BCUT2D eigenvalue weighted by Gasteiger charge is 2.60. The Morgan fingerprint density at radius 3 is 2.45 bits per heavy atom. The van der Waals surface area contributed by atoms with Crippen molar-refractivity contribution in [1.82, 2.24) is 9.80 Å². The van der Waals surface area contributed by atoms with Gasteiger partial charge in [0.15, 0.2) is 0 Å². The smallest absolute Gasteiger partial charge is 0.338 e. The third kappa shape index (κ3) is 3.22. The van der Waals surface area contributed by atoms with Crippen LogP contribution >= 0.6 is 0 Å². The van der Waals surface area contributed by atoms with Crippen molar-refractivity contribution in [2.24, 2.45) is 23.7 Å². The molecule has 1 saturated carbocycles. The minimum Gasteiger partial charge on any atom is -0.457 e. The second-order valence-electron chi connectivity index (χ2n) is 10.1. The predicted molar refractivity (Wildman–Crippen MR) is 116 cm³/mol. The van der Waals surface area contributed by atoms with Gasteiger partial charge in [0, 0.05) is 38.2 Å². The molecule has 0 radical (unpaired) electrons. The number of ether oxygens (including phenoxy) is 2. The molecule has 1 aromatic carbocycles. The lowest BCUT2D eigenvalue weighted by Crippen LogP contribution is -2.31. The Kier molecular flexibility index (Phi) is 4.68. The summed E-state index contributed by atoms with van der Waals surface area (Å²) in [5, 5.41) is 10.9. The van der Waals surface area contributed by atoms with Gasteiger partial charge in [0.25, 0.3) is 0 Å². The lowest BCUT2D eigenvalue weighted by Gasteiger charge is -2.25. The Bertz CT molecular complexity index is 1100. The van der Waals surface area contributed by atoms with Crippen molar-refractivity contribution >= 4 is 17.8 Å². The fraction of sp³-hybridized carbons (Fsp3) is 0.560. The van der Waals surface area contributed by atoms with Gasteiger partial charge in [-0.1, -0.05) is 6.07 Å². The summed E-state index contributed by atoms with van der Waals surface area (Å²) < 4.78 is 10.2. The predicted octanol–water partition coefficient (Wildman–Crippen LogP) is 1.56. The highest BCUT2D eigenvalue weighted by atomic mass is 16.5. The number of hydrogen-bond acceptors (Lipinski definition) is 7. The van der Waals surface area contributed by atoms with Crippen LogP contribution in [0, 0.1) is 30.6 Å². The molecule has 1 N–H and O–H groups in total. The molecule has 3 fully saturated rings. The van der Waals surface area contributed by atoms with Crippen LogP contribution in [0.15, 0.2) is 23.4 Å². The SMILES string of the molecule is CC1=C(N2CC(C3C4CN(C[C@H](O)c5ccc6c(c5C)COC6=O)CC43)CC2=O)COC1=O. The zero-order chi connectivity index (χ0) is 23.0. The van der Waals surface area contributed by atoms with E-state index in [-0.39, 0.29) is 31.1 Å². The number of rotatable bonds is 5. The molecule has 8 nitrogen and oxygen atoms in total. The van der Waals surface area contributed by atoms with Crippen LogP contribution in [-0.2, 0) is 25.7 Å². The molecule has 1 aromatic rings. The third-order valence-electron chi connectivity index (χ3n) is 8.44. The molecule has 8 heteroatoms. The standard InChI is InChI=1S/C25H28N2O6/c1-12-15(3-4-16-19(12)10-32-25(16)31)21(28)9-26-7-17-18(8-26)23(17)14-5-22(29)27(6-14)20-11-33-24(30)13(20)2/h3-4,14,17-18,21,23,28H,5-11H2,1-2H3/t14?,17?,18?,21-,23?/m0/s1. The van der Waals surface area contributed by atoms with Crippen LogP contribution in [0.5, 0.6) is 0 Å². The molecule has 0 aromatic heterocycles. The molecule has 3 unspecified atom stereocenters. The number of likely N-dealkylation sites (tertiary alicyclic amines) is 2. The van der Waals surface area contributed by atoms with Crippen LogP contribution in [0.1, 0.15) is 46.5 Å². The number of piperidine rings is 1. The maximum absolute atomic E-state index is 12.6. The van der Waals surface area contributed by atoms with E-state index in [9.17, 15) is 19.5 Å². The number of amides is 1. The van der Waals surface area contributed by atoms with Crippen molar-refractivity contribution in [1.29, 1.82) is 0 Å². The summed E-state index contributed by atoms with van der Waals surface area (Å²) in [6, 6.07) is 3.61. The van der Waals surface area contributed by atoms with Gasteiger partial charge in [-0.15, -0.1) is 0 Å². The summed E-state index contributed by atoms with van der Waals surface area (Å²) in [5.41, 5.74) is 4.58. The van der Waals surface area contributed by atoms with E-state index in [0.717, 1.165) is 35.5 Å². The number of aliphatic hydroxyl groups is 1. The number of nitrogens with zero attached hydrogens (tertiary/aromatic N) is 2. The minimum absolute atomic E-state index is 0.0967.